The van der Waals surface area contributed by atoms with E-state index in [2.05, 4.69) is 5.32 Å². The van der Waals surface area contributed by atoms with E-state index in [1.54, 1.807) is 12.3 Å². The molecule has 1 aliphatic heterocycles. The number of likely N-dealkylation sites (N-methyl/N-ethyl adjacent to an activating group) is 1. The molecule has 9 nitrogen and oxygen atoms in total. The van der Waals surface area contributed by atoms with Gasteiger partial charge in [0.1, 0.15) is 6.04 Å². The van der Waals surface area contributed by atoms with Crippen LogP contribution in [0.25, 0.3) is 10.9 Å². The van der Waals surface area contributed by atoms with Gasteiger partial charge in [-0.3, -0.25) is 19.4 Å². The van der Waals surface area contributed by atoms with Crippen LogP contribution in [0, 0.1) is 0 Å². The summed E-state index contributed by atoms with van der Waals surface area (Å²) < 4.78 is 1.82. The third-order valence-electron chi connectivity index (χ3n) is 5.31. The Morgan fingerprint density at radius 1 is 1.14 bits per heavy atom. The smallest absolute Gasteiger partial charge is 0.335 e. The molecule has 1 aromatic carbocycles. The van der Waals surface area contributed by atoms with Gasteiger partial charge in [-0.1, -0.05) is 0 Å². The first-order valence-electron chi connectivity index (χ1n) is 9.60. The van der Waals surface area contributed by atoms with Crippen molar-refractivity contribution in [2.75, 3.05) is 39.3 Å². The number of rotatable bonds is 7. The molecule has 156 valence electrons. The summed E-state index contributed by atoms with van der Waals surface area (Å²) in [6.07, 6.45) is 1.76. The molecule has 3 rings (SSSR count). The van der Waals surface area contributed by atoms with Crippen molar-refractivity contribution in [2.45, 2.75) is 13.0 Å². The molecule has 1 saturated heterocycles. The number of aromatic carboxylic acids is 1. The standard InChI is InChI=1S/C20H26N4O5/c1-3-21-17(25)12-23-6-8-24(9-7-23)18(20(28)29)15-11-22(2)16-5-4-13(19(26)27)10-14(15)16/h4-5,10-11,18H,3,6-9,12H2,1-2H3,(H,21,25)(H,26,27)(H,28,29)/t18-/m0/s1. The van der Waals surface area contributed by atoms with Crippen molar-refractivity contribution >= 4 is 28.7 Å². The van der Waals surface area contributed by atoms with Gasteiger partial charge in [0.05, 0.1) is 12.1 Å². The van der Waals surface area contributed by atoms with Crippen molar-refractivity contribution in [3.05, 3.63) is 35.5 Å². The summed E-state index contributed by atoms with van der Waals surface area (Å²) in [5.74, 6) is -2.06. The van der Waals surface area contributed by atoms with Crippen LogP contribution in [-0.4, -0.2) is 81.7 Å². The Labute approximate surface area is 168 Å². The van der Waals surface area contributed by atoms with Gasteiger partial charge in [-0.2, -0.15) is 0 Å². The molecule has 3 N–H and O–H groups in total. The summed E-state index contributed by atoms with van der Waals surface area (Å²) >= 11 is 0. The number of fused-ring (bicyclic) bond motifs is 1. The number of carbonyl (C=O) groups excluding carboxylic acids is 1. The van der Waals surface area contributed by atoms with Gasteiger partial charge in [-0.05, 0) is 25.1 Å². The summed E-state index contributed by atoms with van der Waals surface area (Å²) in [4.78, 5) is 39.2. The molecule has 0 spiro atoms. The summed E-state index contributed by atoms with van der Waals surface area (Å²) in [7, 11) is 1.81. The van der Waals surface area contributed by atoms with Crippen LogP contribution >= 0.6 is 0 Å². The lowest BCUT2D eigenvalue weighted by atomic mass is 10.0. The van der Waals surface area contributed by atoms with Crippen molar-refractivity contribution in [3.63, 3.8) is 0 Å². The van der Waals surface area contributed by atoms with Crippen LogP contribution in [0.5, 0.6) is 0 Å². The van der Waals surface area contributed by atoms with Gasteiger partial charge in [0.25, 0.3) is 0 Å². The molecule has 1 aromatic heterocycles. The highest BCUT2D eigenvalue weighted by molar-refractivity contribution is 5.96. The van der Waals surface area contributed by atoms with E-state index in [-0.39, 0.29) is 11.5 Å². The molecular formula is C20H26N4O5. The molecule has 0 aliphatic carbocycles. The lowest BCUT2D eigenvalue weighted by Crippen LogP contribution is -2.51. The summed E-state index contributed by atoms with van der Waals surface area (Å²) in [5.41, 5.74) is 1.49. The minimum absolute atomic E-state index is 0.0361. The number of nitrogens with one attached hydrogen (secondary N) is 1. The number of aliphatic carboxylic acids is 1. The molecule has 9 heteroatoms. The minimum Gasteiger partial charge on any atom is -0.480 e. The monoisotopic (exact) mass is 402 g/mol. The number of aromatic nitrogens is 1. The van der Waals surface area contributed by atoms with Crippen LogP contribution in [0.1, 0.15) is 28.9 Å². The molecule has 29 heavy (non-hydrogen) atoms. The van der Waals surface area contributed by atoms with Gasteiger partial charge < -0.3 is 20.1 Å². The number of carboxylic acids is 2. The Balaban J connectivity index is 1.84. The maximum Gasteiger partial charge on any atom is 0.335 e. The van der Waals surface area contributed by atoms with Crippen molar-refractivity contribution in [1.82, 2.24) is 19.7 Å². The summed E-state index contributed by atoms with van der Waals surface area (Å²) in [6, 6.07) is 3.87. The van der Waals surface area contributed by atoms with E-state index in [9.17, 15) is 24.6 Å². The van der Waals surface area contributed by atoms with Crippen molar-refractivity contribution in [2.24, 2.45) is 7.05 Å². The zero-order valence-electron chi connectivity index (χ0n) is 16.6. The number of hydrogen-bond donors (Lipinski definition) is 3. The average molecular weight is 402 g/mol. The largest absolute Gasteiger partial charge is 0.480 e. The Kier molecular flexibility index (Phi) is 6.19. The quantitative estimate of drug-likeness (QED) is 0.626. The fourth-order valence-corrected chi connectivity index (χ4v) is 3.90. The third-order valence-corrected chi connectivity index (χ3v) is 5.31. The lowest BCUT2D eigenvalue weighted by Gasteiger charge is -2.37. The van der Waals surface area contributed by atoms with E-state index >= 15 is 0 Å². The Hall–Kier alpha value is -2.91. The van der Waals surface area contributed by atoms with Gasteiger partial charge in [0.2, 0.25) is 5.91 Å². The van der Waals surface area contributed by atoms with E-state index in [0.717, 1.165) is 5.52 Å². The van der Waals surface area contributed by atoms with Crippen LogP contribution in [0.15, 0.2) is 24.4 Å². The van der Waals surface area contributed by atoms with Gasteiger partial charge in [-0.15, -0.1) is 0 Å². The zero-order chi connectivity index (χ0) is 21.1. The van der Waals surface area contributed by atoms with Crippen molar-refractivity contribution in [3.8, 4) is 0 Å². The molecule has 2 aromatic rings. The maximum absolute atomic E-state index is 12.2. The summed E-state index contributed by atoms with van der Waals surface area (Å²) in [5, 5.41) is 22.7. The Morgan fingerprint density at radius 2 is 1.83 bits per heavy atom. The second kappa shape index (κ2) is 8.62. The number of hydrogen-bond acceptors (Lipinski definition) is 5. The molecule has 1 fully saturated rings. The number of nitrogens with zero attached hydrogens (tertiary/aromatic N) is 3. The third kappa shape index (κ3) is 4.41. The van der Waals surface area contributed by atoms with E-state index in [4.69, 9.17) is 0 Å². The molecule has 0 saturated carbocycles. The number of benzene rings is 1. The maximum atomic E-state index is 12.2. The second-order valence-electron chi connectivity index (χ2n) is 7.24. The second-order valence-corrected chi connectivity index (χ2v) is 7.24. The van der Waals surface area contributed by atoms with Crippen molar-refractivity contribution in [1.29, 1.82) is 0 Å². The Bertz CT molecular complexity index is 930. The first kappa shape index (κ1) is 20.8. The van der Waals surface area contributed by atoms with E-state index < -0.39 is 18.0 Å². The van der Waals surface area contributed by atoms with Crippen LogP contribution in [-0.2, 0) is 16.6 Å². The molecule has 0 bridgehead atoms. The highest BCUT2D eigenvalue weighted by Gasteiger charge is 2.33. The normalized spacial score (nSPS) is 16.6. The number of amides is 1. The first-order chi connectivity index (χ1) is 13.8. The molecular weight excluding hydrogens is 376 g/mol. The van der Waals surface area contributed by atoms with Crippen LogP contribution < -0.4 is 5.32 Å². The number of piperazine rings is 1. The van der Waals surface area contributed by atoms with Crippen LogP contribution in [0.3, 0.4) is 0 Å². The van der Waals surface area contributed by atoms with E-state index in [1.807, 2.05) is 28.3 Å². The fraction of sp³-hybridized carbons (Fsp3) is 0.450. The van der Waals surface area contributed by atoms with Gasteiger partial charge in [0.15, 0.2) is 0 Å². The van der Waals surface area contributed by atoms with Gasteiger partial charge >= 0.3 is 11.9 Å². The van der Waals surface area contributed by atoms with E-state index in [0.29, 0.717) is 50.2 Å². The topological polar surface area (TPSA) is 115 Å². The highest BCUT2D eigenvalue weighted by Crippen LogP contribution is 2.31. The van der Waals surface area contributed by atoms with Crippen LogP contribution in [0.2, 0.25) is 0 Å². The highest BCUT2D eigenvalue weighted by atomic mass is 16.4. The number of carboxylic acid groups (broad SMARTS) is 2. The van der Waals surface area contributed by atoms with Crippen molar-refractivity contribution < 1.29 is 24.6 Å². The first-order valence-corrected chi connectivity index (χ1v) is 9.60. The lowest BCUT2D eigenvalue weighted by molar-refractivity contribution is -0.144. The zero-order valence-corrected chi connectivity index (χ0v) is 16.6. The molecule has 1 amide bonds. The number of aryl methyl sites for hydroxylation is 1. The SMILES string of the molecule is CCNC(=O)CN1CCN([C@H](C(=O)O)c2cn(C)c3ccc(C(=O)O)cc23)CC1. The molecule has 1 atom stereocenters. The molecule has 0 radical (unpaired) electrons. The predicted molar refractivity (Wildman–Crippen MR) is 107 cm³/mol. The van der Waals surface area contributed by atoms with Crippen LogP contribution in [0.4, 0.5) is 0 Å². The molecule has 0 unspecified atom stereocenters. The fourth-order valence-electron chi connectivity index (χ4n) is 3.90. The average Bonchev–Trinajstić information content (AvgIpc) is 2.99. The molecule has 1 aliphatic rings. The van der Waals surface area contributed by atoms with E-state index in [1.165, 1.54) is 12.1 Å². The summed E-state index contributed by atoms with van der Waals surface area (Å²) in [6.45, 7) is 4.94. The Morgan fingerprint density at radius 3 is 2.41 bits per heavy atom. The minimum atomic E-state index is -1.05. The van der Waals surface area contributed by atoms with Gasteiger partial charge in [0, 0.05) is 62.4 Å². The molecule has 2 heterocycles. The number of carbonyl (C=O) groups is 3. The predicted octanol–water partition coefficient (Wildman–Crippen LogP) is 0.756. The van der Waals surface area contributed by atoms with Gasteiger partial charge in [-0.25, -0.2) is 4.79 Å².